The van der Waals surface area contributed by atoms with E-state index in [9.17, 15) is 4.79 Å². The van der Waals surface area contributed by atoms with Gasteiger partial charge in [0.15, 0.2) is 0 Å². The second-order valence-corrected chi connectivity index (χ2v) is 5.19. The summed E-state index contributed by atoms with van der Waals surface area (Å²) in [7, 11) is 0. The Morgan fingerprint density at radius 3 is 3.06 bits per heavy atom. The fourth-order valence-electron chi connectivity index (χ4n) is 2.20. The zero-order valence-electron chi connectivity index (χ0n) is 9.69. The molecule has 0 spiro atoms. The third kappa shape index (κ3) is 2.06. The minimum Gasteiger partial charge on any atom is -0.353 e. The number of aromatic nitrogens is 1. The average Bonchev–Trinajstić information content (AvgIpc) is 2.38. The molecule has 5 heteroatoms. The number of piperazine rings is 1. The lowest BCUT2D eigenvalue weighted by Gasteiger charge is -2.28. The molecule has 1 aromatic carbocycles. The summed E-state index contributed by atoms with van der Waals surface area (Å²) < 4.78 is 1.02. The second kappa shape index (κ2) is 4.57. The topological polar surface area (TPSA) is 45.2 Å². The predicted octanol–water partition coefficient (Wildman–Crippen LogP) is 1.93. The molecule has 0 atom stereocenters. The molecule has 0 radical (unpaired) electrons. The maximum absolute atomic E-state index is 11.5. The summed E-state index contributed by atoms with van der Waals surface area (Å²) in [6.07, 6.45) is 1.79. The van der Waals surface area contributed by atoms with Gasteiger partial charge in [-0.05, 0) is 23.6 Å². The molecule has 0 aliphatic carbocycles. The average molecular weight is 306 g/mol. The van der Waals surface area contributed by atoms with Gasteiger partial charge in [0.05, 0.1) is 6.54 Å². The summed E-state index contributed by atoms with van der Waals surface area (Å²) in [6.45, 7) is 1.84. The molecule has 1 saturated heterocycles. The fraction of sp³-hybridized carbons (Fsp3) is 0.231. The molecule has 92 valence electrons. The second-order valence-electron chi connectivity index (χ2n) is 4.27. The number of pyridine rings is 1. The van der Waals surface area contributed by atoms with E-state index in [1.54, 1.807) is 6.20 Å². The molecular weight excluding hydrogens is 294 g/mol. The number of amides is 1. The highest BCUT2D eigenvalue weighted by molar-refractivity contribution is 9.10. The van der Waals surface area contributed by atoms with Crippen molar-refractivity contribution in [3.8, 4) is 0 Å². The van der Waals surface area contributed by atoms with Crippen LogP contribution in [0.3, 0.4) is 0 Å². The number of carbonyl (C=O) groups is 1. The summed E-state index contributed by atoms with van der Waals surface area (Å²) in [6, 6.07) is 8.09. The highest BCUT2D eigenvalue weighted by Crippen LogP contribution is 2.27. The van der Waals surface area contributed by atoms with Crippen LogP contribution < -0.4 is 10.2 Å². The van der Waals surface area contributed by atoms with E-state index >= 15 is 0 Å². The molecule has 1 aromatic heterocycles. The zero-order valence-corrected chi connectivity index (χ0v) is 11.3. The Balaban J connectivity index is 2.10. The molecule has 2 heterocycles. The van der Waals surface area contributed by atoms with Crippen molar-refractivity contribution in [3.05, 3.63) is 34.9 Å². The van der Waals surface area contributed by atoms with E-state index < -0.39 is 0 Å². The molecule has 0 unspecified atom stereocenters. The van der Waals surface area contributed by atoms with Gasteiger partial charge in [0.25, 0.3) is 0 Å². The Morgan fingerprint density at radius 1 is 1.33 bits per heavy atom. The smallest absolute Gasteiger partial charge is 0.239 e. The minimum atomic E-state index is 0.0510. The SMILES string of the molecule is O=C1CN(c2nccc3ccc(Br)cc23)CCN1. The van der Waals surface area contributed by atoms with Crippen LogP contribution >= 0.6 is 15.9 Å². The van der Waals surface area contributed by atoms with Crippen molar-refractivity contribution in [2.75, 3.05) is 24.5 Å². The number of nitrogens with zero attached hydrogens (tertiary/aromatic N) is 2. The third-order valence-corrected chi connectivity index (χ3v) is 3.54. The Kier molecular flexibility index (Phi) is 2.91. The number of halogens is 1. The molecule has 0 bridgehead atoms. The quantitative estimate of drug-likeness (QED) is 0.876. The van der Waals surface area contributed by atoms with E-state index in [4.69, 9.17) is 0 Å². The number of benzene rings is 1. The van der Waals surface area contributed by atoms with Gasteiger partial charge in [0.2, 0.25) is 5.91 Å². The van der Waals surface area contributed by atoms with Crippen LogP contribution in [0.25, 0.3) is 10.8 Å². The first-order valence-electron chi connectivity index (χ1n) is 5.80. The standard InChI is InChI=1S/C13H12BrN3O/c14-10-2-1-9-3-4-16-13(11(9)7-10)17-6-5-15-12(18)8-17/h1-4,7H,5-6,8H2,(H,15,18). The number of rotatable bonds is 1. The lowest BCUT2D eigenvalue weighted by molar-refractivity contribution is -0.120. The Morgan fingerprint density at radius 2 is 2.22 bits per heavy atom. The lowest BCUT2D eigenvalue weighted by Crippen LogP contribution is -2.48. The Hall–Kier alpha value is -1.62. The van der Waals surface area contributed by atoms with E-state index in [0.717, 1.165) is 27.6 Å². The van der Waals surface area contributed by atoms with E-state index in [-0.39, 0.29) is 5.91 Å². The van der Waals surface area contributed by atoms with Crippen LogP contribution in [0.2, 0.25) is 0 Å². The van der Waals surface area contributed by atoms with Gasteiger partial charge in [0.1, 0.15) is 5.82 Å². The lowest BCUT2D eigenvalue weighted by atomic mass is 10.1. The Labute approximate surface area is 113 Å². The van der Waals surface area contributed by atoms with Gasteiger partial charge in [-0.25, -0.2) is 4.98 Å². The highest BCUT2D eigenvalue weighted by Gasteiger charge is 2.19. The summed E-state index contributed by atoms with van der Waals surface area (Å²) in [5.41, 5.74) is 0. The van der Waals surface area contributed by atoms with Crippen molar-refractivity contribution < 1.29 is 4.79 Å². The number of hydrogen-bond acceptors (Lipinski definition) is 3. The molecule has 18 heavy (non-hydrogen) atoms. The summed E-state index contributed by atoms with van der Waals surface area (Å²) in [5.74, 6) is 0.929. The van der Waals surface area contributed by atoms with Crippen molar-refractivity contribution >= 4 is 38.4 Å². The normalized spacial score (nSPS) is 15.8. The molecule has 1 aliphatic rings. The van der Waals surface area contributed by atoms with E-state index in [2.05, 4.69) is 32.3 Å². The molecule has 2 aromatic rings. The predicted molar refractivity (Wildman–Crippen MR) is 74.7 cm³/mol. The van der Waals surface area contributed by atoms with E-state index in [0.29, 0.717) is 13.1 Å². The molecule has 0 saturated carbocycles. The number of nitrogens with one attached hydrogen (secondary N) is 1. The van der Waals surface area contributed by atoms with Gasteiger partial charge >= 0.3 is 0 Å². The van der Waals surface area contributed by atoms with Gasteiger partial charge < -0.3 is 10.2 Å². The minimum absolute atomic E-state index is 0.0510. The maximum atomic E-state index is 11.5. The first kappa shape index (κ1) is 11.5. The van der Waals surface area contributed by atoms with Crippen LogP contribution in [0.5, 0.6) is 0 Å². The number of anilines is 1. The van der Waals surface area contributed by atoms with Crippen molar-refractivity contribution in [2.24, 2.45) is 0 Å². The van der Waals surface area contributed by atoms with Crippen LogP contribution in [-0.4, -0.2) is 30.5 Å². The van der Waals surface area contributed by atoms with E-state index in [1.807, 2.05) is 23.1 Å². The molecule has 1 aliphatic heterocycles. The van der Waals surface area contributed by atoms with Gasteiger partial charge in [-0.2, -0.15) is 0 Å². The van der Waals surface area contributed by atoms with Crippen molar-refractivity contribution in [1.82, 2.24) is 10.3 Å². The van der Waals surface area contributed by atoms with Crippen LogP contribution in [0, 0.1) is 0 Å². The van der Waals surface area contributed by atoms with Crippen molar-refractivity contribution in [3.63, 3.8) is 0 Å². The van der Waals surface area contributed by atoms with Crippen LogP contribution in [-0.2, 0) is 4.79 Å². The Bertz CT molecular complexity index is 614. The van der Waals surface area contributed by atoms with Crippen LogP contribution in [0.15, 0.2) is 34.9 Å². The fourth-order valence-corrected chi connectivity index (χ4v) is 2.56. The number of fused-ring (bicyclic) bond motifs is 1. The first-order valence-corrected chi connectivity index (χ1v) is 6.59. The molecule has 1 fully saturated rings. The highest BCUT2D eigenvalue weighted by atomic mass is 79.9. The van der Waals surface area contributed by atoms with Gasteiger partial charge in [-0.15, -0.1) is 0 Å². The van der Waals surface area contributed by atoms with Crippen molar-refractivity contribution in [1.29, 1.82) is 0 Å². The monoisotopic (exact) mass is 305 g/mol. The first-order chi connectivity index (χ1) is 8.74. The summed E-state index contributed by atoms with van der Waals surface area (Å²) in [4.78, 5) is 17.9. The molecule has 1 N–H and O–H groups in total. The molecule has 4 nitrogen and oxygen atoms in total. The van der Waals surface area contributed by atoms with E-state index in [1.165, 1.54) is 0 Å². The van der Waals surface area contributed by atoms with Gasteiger partial charge in [0, 0.05) is 29.1 Å². The van der Waals surface area contributed by atoms with Crippen LogP contribution in [0.1, 0.15) is 0 Å². The van der Waals surface area contributed by atoms with Gasteiger partial charge in [-0.1, -0.05) is 22.0 Å². The number of hydrogen-bond donors (Lipinski definition) is 1. The molecular formula is C13H12BrN3O. The maximum Gasteiger partial charge on any atom is 0.239 e. The third-order valence-electron chi connectivity index (χ3n) is 3.05. The largest absolute Gasteiger partial charge is 0.353 e. The summed E-state index contributed by atoms with van der Waals surface area (Å²) >= 11 is 3.48. The van der Waals surface area contributed by atoms with Crippen LogP contribution in [0.4, 0.5) is 5.82 Å². The van der Waals surface area contributed by atoms with Gasteiger partial charge in [-0.3, -0.25) is 4.79 Å². The molecule has 3 rings (SSSR count). The summed E-state index contributed by atoms with van der Waals surface area (Å²) in [5, 5.41) is 5.03. The number of carbonyl (C=O) groups excluding carboxylic acids is 1. The molecule has 1 amide bonds. The zero-order chi connectivity index (χ0) is 12.5. The van der Waals surface area contributed by atoms with Crippen molar-refractivity contribution in [2.45, 2.75) is 0 Å².